The Kier molecular flexibility index (Phi) is 6.69. The summed E-state index contributed by atoms with van der Waals surface area (Å²) in [5.41, 5.74) is 2.00. The van der Waals surface area contributed by atoms with Crippen molar-refractivity contribution in [2.24, 2.45) is 0 Å². The zero-order valence-electron chi connectivity index (χ0n) is 14.8. The van der Waals surface area contributed by atoms with E-state index in [-0.39, 0.29) is 0 Å². The maximum atomic E-state index is 12.2. The van der Waals surface area contributed by atoms with Gasteiger partial charge in [-0.3, -0.25) is 4.79 Å². The van der Waals surface area contributed by atoms with E-state index in [0.29, 0.717) is 17.5 Å². The van der Waals surface area contributed by atoms with E-state index in [4.69, 9.17) is 0 Å². The van der Waals surface area contributed by atoms with Crippen molar-refractivity contribution in [3.05, 3.63) is 29.8 Å². The maximum absolute atomic E-state index is 12.2. The lowest BCUT2D eigenvalue weighted by molar-refractivity contribution is -0.137. The van der Waals surface area contributed by atoms with Gasteiger partial charge in [-0.1, -0.05) is 42.4 Å². The number of thioether (sulfide) groups is 1. The van der Waals surface area contributed by atoms with E-state index in [1.54, 1.807) is 6.92 Å². The minimum absolute atomic E-state index is 0.512. The smallest absolute Gasteiger partial charge is 0.346 e. The van der Waals surface area contributed by atoms with Crippen LogP contribution >= 0.6 is 11.8 Å². The Morgan fingerprint density at radius 3 is 2.69 bits per heavy atom. The molecule has 0 saturated carbocycles. The number of nitrogens with zero attached hydrogens (tertiary/aromatic N) is 3. The zero-order chi connectivity index (χ0) is 19.3. The fourth-order valence-electron chi connectivity index (χ4n) is 2.34. The highest BCUT2D eigenvalue weighted by atomic mass is 32.2. The fraction of sp³-hybridized carbons (Fsp3) is 0.471. The summed E-state index contributed by atoms with van der Waals surface area (Å²) in [6.07, 6.45) is -3.60. The van der Waals surface area contributed by atoms with E-state index in [0.717, 1.165) is 29.3 Å². The summed E-state index contributed by atoms with van der Waals surface area (Å²) in [7, 11) is 0. The van der Waals surface area contributed by atoms with Gasteiger partial charge in [-0.25, -0.2) is 0 Å². The predicted molar refractivity (Wildman–Crippen MR) is 94.9 cm³/mol. The first-order valence-electron chi connectivity index (χ1n) is 8.22. The van der Waals surface area contributed by atoms with Crippen molar-refractivity contribution in [1.82, 2.24) is 20.1 Å². The summed E-state index contributed by atoms with van der Waals surface area (Å²) in [6, 6.07) is 7.82. The maximum Gasteiger partial charge on any atom is 0.405 e. The number of alkyl halides is 3. The molecule has 1 heterocycles. The number of hydrogen-bond donors (Lipinski definition) is 1. The van der Waals surface area contributed by atoms with E-state index in [1.807, 2.05) is 48.0 Å². The molecule has 0 radical (unpaired) electrons. The first-order valence-corrected chi connectivity index (χ1v) is 9.10. The first-order chi connectivity index (χ1) is 12.2. The van der Waals surface area contributed by atoms with Gasteiger partial charge in [0, 0.05) is 12.1 Å². The molecule has 0 fully saturated rings. The third kappa shape index (κ3) is 5.48. The Labute approximate surface area is 154 Å². The number of aromatic nitrogens is 3. The van der Waals surface area contributed by atoms with Crippen LogP contribution in [0.15, 0.2) is 29.4 Å². The van der Waals surface area contributed by atoms with Gasteiger partial charge in [0.25, 0.3) is 0 Å². The molecular weight excluding hydrogens is 365 g/mol. The van der Waals surface area contributed by atoms with E-state index in [2.05, 4.69) is 10.2 Å². The monoisotopic (exact) mass is 386 g/mol. The average molecular weight is 386 g/mol. The Balaban J connectivity index is 2.18. The molecule has 9 heteroatoms. The SMILES string of the molecule is CCCn1c(SC(C)C(=O)NCC(F)(F)F)nnc1-c1cccc(C)c1. The number of aryl methyl sites for hydroxylation is 1. The molecule has 0 bridgehead atoms. The van der Waals surface area contributed by atoms with Crippen LogP contribution in [0.25, 0.3) is 11.4 Å². The molecule has 1 aromatic heterocycles. The molecule has 2 aromatic rings. The third-order valence-electron chi connectivity index (χ3n) is 3.55. The minimum atomic E-state index is -4.43. The van der Waals surface area contributed by atoms with Gasteiger partial charge < -0.3 is 9.88 Å². The van der Waals surface area contributed by atoms with Crippen molar-refractivity contribution in [1.29, 1.82) is 0 Å². The second-order valence-electron chi connectivity index (χ2n) is 5.92. The van der Waals surface area contributed by atoms with Crippen molar-refractivity contribution in [3.63, 3.8) is 0 Å². The molecule has 0 aliphatic heterocycles. The number of rotatable bonds is 7. The Bertz CT molecular complexity index is 761. The van der Waals surface area contributed by atoms with Gasteiger partial charge in [0.05, 0.1) is 5.25 Å². The third-order valence-corrected chi connectivity index (χ3v) is 4.64. The van der Waals surface area contributed by atoms with E-state index in [9.17, 15) is 18.0 Å². The van der Waals surface area contributed by atoms with Crippen LogP contribution in [0, 0.1) is 6.92 Å². The van der Waals surface area contributed by atoms with Gasteiger partial charge in [0.2, 0.25) is 5.91 Å². The van der Waals surface area contributed by atoms with E-state index >= 15 is 0 Å². The Morgan fingerprint density at radius 1 is 1.35 bits per heavy atom. The second kappa shape index (κ2) is 8.57. The van der Waals surface area contributed by atoms with Crippen LogP contribution in [0.3, 0.4) is 0 Å². The summed E-state index contributed by atoms with van der Waals surface area (Å²) in [4.78, 5) is 11.9. The number of halogens is 3. The Morgan fingerprint density at radius 2 is 2.08 bits per heavy atom. The van der Waals surface area contributed by atoms with Crippen molar-refractivity contribution in [3.8, 4) is 11.4 Å². The van der Waals surface area contributed by atoms with Gasteiger partial charge in [0.1, 0.15) is 6.54 Å². The summed E-state index contributed by atoms with van der Waals surface area (Å²) in [6.45, 7) is 4.84. The molecule has 142 valence electrons. The highest BCUT2D eigenvalue weighted by Gasteiger charge is 2.29. The van der Waals surface area contributed by atoms with Crippen molar-refractivity contribution in [2.75, 3.05) is 6.54 Å². The van der Waals surface area contributed by atoms with Crippen LogP contribution in [-0.2, 0) is 11.3 Å². The molecule has 1 amide bonds. The van der Waals surface area contributed by atoms with Crippen molar-refractivity contribution < 1.29 is 18.0 Å². The molecule has 5 nitrogen and oxygen atoms in total. The molecule has 1 aromatic carbocycles. The van der Waals surface area contributed by atoms with Crippen LogP contribution in [0.4, 0.5) is 13.2 Å². The normalized spacial score (nSPS) is 12.8. The van der Waals surface area contributed by atoms with Gasteiger partial charge in [-0.2, -0.15) is 13.2 Å². The Hall–Kier alpha value is -2.03. The standard InChI is InChI=1S/C17H21F3N4OS/c1-4-8-24-14(13-7-5-6-11(2)9-13)22-23-16(24)26-12(3)15(25)21-10-17(18,19)20/h5-7,9,12H,4,8,10H2,1-3H3,(H,21,25). The van der Waals surface area contributed by atoms with E-state index in [1.165, 1.54) is 0 Å². The van der Waals surface area contributed by atoms with Crippen LogP contribution in [0.5, 0.6) is 0 Å². The summed E-state index contributed by atoms with van der Waals surface area (Å²) in [5, 5.41) is 10.1. The van der Waals surface area contributed by atoms with Crippen molar-refractivity contribution in [2.45, 2.75) is 50.3 Å². The molecule has 2 rings (SSSR count). The summed E-state index contributed by atoms with van der Waals surface area (Å²) < 4.78 is 38.6. The number of carbonyl (C=O) groups excluding carboxylic acids is 1. The van der Waals surface area contributed by atoms with Gasteiger partial charge in [0.15, 0.2) is 11.0 Å². The highest BCUT2D eigenvalue weighted by Crippen LogP contribution is 2.27. The number of hydrogen-bond acceptors (Lipinski definition) is 4. The largest absolute Gasteiger partial charge is 0.405 e. The summed E-state index contributed by atoms with van der Waals surface area (Å²) in [5.74, 6) is -0.00331. The van der Waals surface area contributed by atoms with Crippen LogP contribution in [-0.4, -0.2) is 38.6 Å². The summed E-state index contributed by atoms with van der Waals surface area (Å²) >= 11 is 1.10. The van der Waals surface area contributed by atoms with Crippen LogP contribution in [0.1, 0.15) is 25.8 Å². The molecule has 1 unspecified atom stereocenters. The first kappa shape index (κ1) is 20.3. The quantitative estimate of drug-likeness (QED) is 0.735. The lowest BCUT2D eigenvalue weighted by Gasteiger charge is -2.14. The van der Waals surface area contributed by atoms with Gasteiger partial charge in [-0.15, -0.1) is 10.2 Å². The predicted octanol–water partition coefficient (Wildman–Crippen LogP) is 3.82. The molecule has 0 spiro atoms. The molecular formula is C17H21F3N4OS. The number of carbonyl (C=O) groups is 1. The second-order valence-corrected chi connectivity index (χ2v) is 7.23. The van der Waals surface area contributed by atoms with Gasteiger partial charge in [-0.05, 0) is 26.3 Å². The zero-order valence-corrected chi connectivity index (χ0v) is 15.6. The van der Waals surface area contributed by atoms with Crippen LogP contribution in [0.2, 0.25) is 0 Å². The average Bonchev–Trinajstić information content (AvgIpc) is 2.95. The molecule has 0 saturated heterocycles. The van der Waals surface area contributed by atoms with Crippen molar-refractivity contribution >= 4 is 17.7 Å². The van der Waals surface area contributed by atoms with Crippen LogP contribution < -0.4 is 5.32 Å². The highest BCUT2D eigenvalue weighted by molar-refractivity contribution is 8.00. The minimum Gasteiger partial charge on any atom is -0.346 e. The molecule has 1 atom stereocenters. The van der Waals surface area contributed by atoms with E-state index < -0.39 is 23.9 Å². The lowest BCUT2D eigenvalue weighted by atomic mass is 10.1. The number of nitrogens with one attached hydrogen (secondary N) is 1. The molecule has 0 aliphatic carbocycles. The van der Waals surface area contributed by atoms with Gasteiger partial charge >= 0.3 is 6.18 Å². The number of benzene rings is 1. The topological polar surface area (TPSA) is 59.8 Å². The lowest BCUT2D eigenvalue weighted by Crippen LogP contribution is -2.38. The molecule has 26 heavy (non-hydrogen) atoms. The molecule has 1 N–H and O–H groups in total. The molecule has 0 aliphatic rings. The fourth-order valence-corrected chi connectivity index (χ4v) is 3.24. The number of amides is 1.